The molecule has 0 aliphatic heterocycles. The van der Waals surface area contributed by atoms with Gasteiger partial charge < -0.3 is 9.84 Å². The zero-order valence-corrected chi connectivity index (χ0v) is 12.2. The summed E-state index contributed by atoms with van der Waals surface area (Å²) in [5, 5.41) is 18.1. The largest absolute Gasteiger partial charge is 0.456 e. The van der Waals surface area contributed by atoms with Crippen LogP contribution in [-0.4, -0.2) is 5.11 Å². The van der Waals surface area contributed by atoms with Crippen molar-refractivity contribution in [3.05, 3.63) is 57.8 Å². The van der Waals surface area contributed by atoms with E-state index < -0.39 is 11.9 Å². The number of aliphatic hydroxyl groups is 1. The fourth-order valence-corrected chi connectivity index (χ4v) is 2.11. The minimum absolute atomic E-state index is 0.0270. The van der Waals surface area contributed by atoms with Crippen LogP contribution >= 0.6 is 15.9 Å². The second kappa shape index (κ2) is 6.04. The van der Waals surface area contributed by atoms with Crippen molar-refractivity contribution in [2.45, 2.75) is 13.0 Å². The Morgan fingerprint density at radius 2 is 2.05 bits per heavy atom. The molecule has 0 aromatic heterocycles. The third-order valence-electron chi connectivity index (χ3n) is 2.73. The molecule has 0 amide bonds. The molecule has 1 unspecified atom stereocenters. The van der Waals surface area contributed by atoms with Crippen molar-refractivity contribution in [2.75, 3.05) is 0 Å². The summed E-state index contributed by atoms with van der Waals surface area (Å²) in [7, 11) is 0. The van der Waals surface area contributed by atoms with E-state index in [9.17, 15) is 9.50 Å². The summed E-state index contributed by atoms with van der Waals surface area (Å²) in [5.41, 5.74) is 0.719. The van der Waals surface area contributed by atoms with Crippen LogP contribution in [0.2, 0.25) is 0 Å². The first-order valence-electron chi connectivity index (χ1n) is 5.86. The first-order chi connectivity index (χ1) is 9.51. The highest BCUT2D eigenvalue weighted by molar-refractivity contribution is 9.10. The van der Waals surface area contributed by atoms with Crippen LogP contribution in [0.1, 0.15) is 24.2 Å². The zero-order chi connectivity index (χ0) is 14.7. The van der Waals surface area contributed by atoms with Crippen LogP contribution < -0.4 is 4.74 Å². The van der Waals surface area contributed by atoms with Crippen molar-refractivity contribution in [1.29, 1.82) is 5.26 Å². The average Bonchev–Trinajstić information content (AvgIpc) is 2.41. The van der Waals surface area contributed by atoms with E-state index in [1.54, 1.807) is 31.2 Å². The van der Waals surface area contributed by atoms with Crippen molar-refractivity contribution >= 4 is 15.9 Å². The molecule has 0 radical (unpaired) electrons. The molecule has 0 heterocycles. The van der Waals surface area contributed by atoms with Gasteiger partial charge in [-0.15, -0.1) is 0 Å². The van der Waals surface area contributed by atoms with Gasteiger partial charge in [0.05, 0.1) is 16.1 Å². The third kappa shape index (κ3) is 3.16. The zero-order valence-electron chi connectivity index (χ0n) is 10.6. The van der Waals surface area contributed by atoms with Crippen molar-refractivity contribution in [3.63, 3.8) is 0 Å². The van der Waals surface area contributed by atoms with E-state index in [1.165, 1.54) is 12.1 Å². The van der Waals surface area contributed by atoms with Gasteiger partial charge in [-0.1, -0.05) is 6.07 Å². The van der Waals surface area contributed by atoms with Crippen LogP contribution in [0.4, 0.5) is 4.39 Å². The topological polar surface area (TPSA) is 53.2 Å². The van der Waals surface area contributed by atoms with Gasteiger partial charge in [0.25, 0.3) is 0 Å². The van der Waals surface area contributed by atoms with Crippen LogP contribution in [0.15, 0.2) is 40.9 Å². The maximum atomic E-state index is 13.5. The molecule has 0 fully saturated rings. The lowest BCUT2D eigenvalue weighted by Gasteiger charge is -2.11. The molecule has 5 heteroatoms. The van der Waals surface area contributed by atoms with E-state index in [2.05, 4.69) is 15.9 Å². The summed E-state index contributed by atoms with van der Waals surface area (Å²) in [6.45, 7) is 1.66. The van der Waals surface area contributed by atoms with Gasteiger partial charge >= 0.3 is 0 Å². The number of hydrogen-bond acceptors (Lipinski definition) is 3. The quantitative estimate of drug-likeness (QED) is 0.909. The number of nitrogens with zero attached hydrogens (tertiary/aromatic N) is 1. The lowest BCUT2D eigenvalue weighted by molar-refractivity contribution is 0.199. The summed E-state index contributed by atoms with van der Waals surface area (Å²) < 4.78 is 19.7. The number of rotatable bonds is 3. The molecule has 1 N–H and O–H groups in total. The summed E-state index contributed by atoms with van der Waals surface area (Å²) in [6, 6.07) is 10.9. The Hall–Kier alpha value is -1.90. The van der Waals surface area contributed by atoms with Gasteiger partial charge in [0.1, 0.15) is 23.4 Å². The molecule has 20 heavy (non-hydrogen) atoms. The Morgan fingerprint density at radius 3 is 2.60 bits per heavy atom. The van der Waals surface area contributed by atoms with Crippen LogP contribution in [0.25, 0.3) is 0 Å². The number of aliphatic hydroxyl groups excluding tert-OH is 1. The standard InChI is InChI=1S/C15H11BrFNO2/c1-9(19)10-3-5-15(13(16)6-10)20-12-4-2-11(8-18)14(17)7-12/h2-7,9,19H,1H3. The highest BCUT2D eigenvalue weighted by atomic mass is 79.9. The minimum Gasteiger partial charge on any atom is -0.456 e. The second-order valence-electron chi connectivity index (χ2n) is 4.22. The van der Waals surface area contributed by atoms with Gasteiger partial charge in [-0.05, 0) is 52.7 Å². The average molecular weight is 336 g/mol. The summed E-state index contributed by atoms with van der Waals surface area (Å²) in [4.78, 5) is 0. The van der Waals surface area contributed by atoms with E-state index in [-0.39, 0.29) is 5.56 Å². The molecular formula is C15H11BrFNO2. The van der Waals surface area contributed by atoms with E-state index in [4.69, 9.17) is 10.00 Å². The lowest BCUT2D eigenvalue weighted by Crippen LogP contribution is -1.93. The van der Waals surface area contributed by atoms with Crippen molar-refractivity contribution < 1.29 is 14.2 Å². The normalized spacial score (nSPS) is 11.8. The van der Waals surface area contributed by atoms with E-state index >= 15 is 0 Å². The van der Waals surface area contributed by atoms with Gasteiger partial charge in [0.2, 0.25) is 0 Å². The number of nitriles is 1. The maximum Gasteiger partial charge on any atom is 0.144 e. The molecule has 0 saturated heterocycles. The van der Waals surface area contributed by atoms with Gasteiger partial charge in [-0.2, -0.15) is 5.26 Å². The van der Waals surface area contributed by atoms with Crippen LogP contribution in [0.3, 0.4) is 0 Å². The molecule has 0 saturated carbocycles. The Bertz CT molecular complexity index is 680. The Balaban J connectivity index is 2.26. The second-order valence-corrected chi connectivity index (χ2v) is 5.08. The number of ether oxygens (including phenoxy) is 1. The highest BCUT2D eigenvalue weighted by Crippen LogP contribution is 2.32. The van der Waals surface area contributed by atoms with E-state index in [0.29, 0.717) is 16.0 Å². The first kappa shape index (κ1) is 14.5. The Labute approximate surface area is 124 Å². The van der Waals surface area contributed by atoms with Crippen molar-refractivity contribution in [3.8, 4) is 17.6 Å². The summed E-state index contributed by atoms with van der Waals surface area (Å²) >= 11 is 3.34. The fourth-order valence-electron chi connectivity index (χ4n) is 1.64. The predicted octanol–water partition coefficient (Wildman–Crippen LogP) is 4.31. The molecule has 2 rings (SSSR count). The van der Waals surface area contributed by atoms with Crippen molar-refractivity contribution in [1.82, 2.24) is 0 Å². The van der Waals surface area contributed by atoms with Crippen LogP contribution in [-0.2, 0) is 0 Å². The molecule has 2 aromatic carbocycles. The SMILES string of the molecule is CC(O)c1ccc(Oc2ccc(C#N)c(F)c2)c(Br)c1. The number of hydrogen-bond donors (Lipinski definition) is 1. The Morgan fingerprint density at radius 1 is 1.30 bits per heavy atom. The van der Waals surface area contributed by atoms with Gasteiger partial charge in [-0.25, -0.2) is 4.39 Å². The van der Waals surface area contributed by atoms with Crippen LogP contribution in [0, 0.1) is 17.1 Å². The molecule has 2 aromatic rings. The third-order valence-corrected chi connectivity index (χ3v) is 3.35. The monoisotopic (exact) mass is 335 g/mol. The molecule has 3 nitrogen and oxygen atoms in total. The molecule has 102 valence electrons. The fraction of sp³-hybridized carbons (Fsp3) is 0.133. The first-order valence-corrected chi connectivity index (χ1v) is 6.65. The predicted molar refractivity (Wildman–Crippen MR) is 76.0 cm³/mol. The smallest absolute Gasteiger partial charge is 0.144 e. The van der Waals surface area contributed by atoms with E-state index in [1.807, 2.05) is 0 Å². The molecule has 0 spiro atoms. The lowest BCUT2D eigenvalue weighted by atomic mass is 10.1. The highest BCUT2D eigenvalue weighted by Gasteiger charge is 2.09. The molecule has 0 aliphatic carbocycles. The van der Waals surface area contributed by atoms with E-state index in [0.717, 1.165) is 11.6 Å². The number of benzene rings is 2. The molecule has 0 bridgehead atoms. The van der Waals surface area contributed by atoms with Gasteiger partial charge in [0, 0.05) is 6.07 Å². The number of halogens is 2. The van der Waals surface area contributed by atoms with Gasteiger partial charge in [-0.3, -0.25) is 0 Å². The van der Waals surface area contributed by atoms with Crippen LogP contribution in [0.5, 0.6) is 11.5 Å². The summed E-state index contributed by atoms with van der Waals surface area (Å²) in [6.07, 6.45) is -0.576. The van der Waals surface area contributed by atoms with Gasteiger partial charge in [0.15, 0.2) is 0 Å². The maximum absolute atomic E-state index is 13.5. The molecular weight excluding hydrogens is 325 g/mol. The summed E-state index contributed by atoms with van der Waals surface area (Å²) in [5.74, 6) is 0.173. The molecule has 1 atom stereocenters. The Kier molecular flexibility index (Phi) is 4.38. The minimum atomic E-state index is -0.623. The molecule has 0 aliphatic rings. The van der Waals surface area contributed by atoms with Crippen molar-refractivity contribution in [2.24, 2.45) is 0 Å².